The summed E-state index contributed by atoms with van der Waals surface area (Å²) in [4.78, 5) is 15.0. The van der Waals surface area contributed by atoms with Crippen molar-refractivity contribution in [3.8, 4) is 11.1 Å². The highest BCUT2D eigenvalue weighted by Crippen LogP contribution is 2.39. The molecule has 1 aliphatic rings. The first kappa shape index (κ1) is 23.9. The molecule has 176 valence electrons. The van der Waals surface area contributed by atoms with Crippen molar-refractivity contribution in [2.45, 2.75) is 44.5 Å². The van der Waals surface area contributed by atoms with Gasteiger partial charge in [-0.1, -0.05) is 72.8 Å². The van der Waals surface area contributed by atoms with E-state index in [1.54, 1.807) is 6.20 Å². The minimum atomic E-state index is -0.768. The third-order valence-corrected chi connectivity index (χ3v) is 6.20. The van der Waals surface area contributed by atoms with Crippen molar-refractivity contribution in [2.75, 3.05) is 6.61 Å². The van der Waals surface area contributed by atoms with Gasteiger partial charge in [0.15, 0.2) is 0 Å². The van der Waals surface area contributed by atoms with Crippen LogP contribution in [0.2, 0.25) is 0 Å². The minimum absolute atomic E-state index is 0.00794. The summed E-state index contributed by atoms with van der Waals surface area (Å²) < 4.78 is 12.5. The van der Waals surface area contributed by atoms with Gasteiger partial charge in [0.2, 0.25) is 0 Å². The molecule has 0 saturated carbocycles. The fourth-order valence-electron chi connectivity index (χ4n) is 4.40. The lowest BCUT2D eigenvalue weighted by Crippen LogP contribution is -2.23. The average Bonchev–Trinajstić information content (AvgIpc) is 3.28. The molecule has 2 aromatic carbocycles. The summed E-state index contributed by atoms with van der Waals surface area (Å²) in [7, 11) is 0. The van der Waals surface area contributed by atoms with E-state index < -0.39 is 5.97 Å². The molecule has 1 aromatic heterocycles. The van der Waals surface area contributed by atoms with E-state index in [0.717, 1.165) is 24.0 Å². The zero-order chi connectivity index (χ0) is 23.6. The van der Waals surface area contributed by atoms with Crippen LogP contribution in [0.3, 0.4) is 0 Å². The zero-order valence-corrected chi connectivity index (χ0v) is 19.3. The van der Waals surface area contributed by atoms with E-state index >= 15 is 0 Å². The van der Waals surface area contributed by atoms with Crippen molar-refractivity contribution in [3.63, 3.8) is 0 Å². The van der Waals surface area contributed by atoms with E-state index in [9.17, 15) is 4.79 Å². The number of benzene rings is 2. The molecule has 0 aliphatic carbocycles. The number of rotatable bonds is 11. The van der Waals surface area contributed by atoms with Crippen LogP contribution in [0.1, 0.15) is 42.9 Å². The number of hydrogen-bond donors (Lipinski definition) is 1. The Hall–Kier alpha value is -3.28. The van der Waals surface area contributed by atoms with Gasteiger partial charge in [0, 0.05) is 24.7 Å². The quantitative estimate of drug-likeness (QED) is 0.346. The Balaban J connectivity index is 1.37. The third-order valence-electron chi connectivity index (χ3n) is 6.20. The minimum Gasteiger partial charge on any atom is -0.481 e. The van der Waals surface area contributed by atoms with Gasteiger partial charge in [0.05, 0.1) is 25.4 Å². The van der Waals surface area contributed by atoms with E-state index in [4.69, 9.17) is 14.6 Å². The summed E-state index contributed by atoms with van der Waals surface area (Å²) in [5.41, 5.74) is 4.60. The van der Waals surface area contributed by atoms with Crippen molar-refractivity contribution >= 4 is 5.97 Å². The third kappa shape index (κ3) is 6.62. The molecule has 0 unspecified atom stereocenters. The highest BCUT2D eigenvalue weighted by molar-refractivity contribution is 5.66. The number of carbonyl (C=O) groups is 1. The van der Waals surface area contributed by atoms with Gasteiger partial charge < -0.3 is 14.6 Å². The molecule has 1 fully saturated rings. The van der Waals surface area contributed by atoms with Gasteiger partial charge in [-0.15, -0.1) is 0 Å². The smallest absolute Gasteiger partial charge is 0.303 e. The molecule has 1 saturated heterocycles. The number of aliphatic carboxylic acids is 1. The highest BCUT2D eigenvalue weighted by Gasteiger charge is 2.38. The largest absolute Gasteiger partial charge is 0.481 e. The van der Waals surface area contributed by atoms with Crippen LogP contribution in [0.25, 0.3) is 11.1 Å². The van der Waals surface area contributed by atoms with Crippen LogP contribution in [-0.2, 0) is 20.9 Å². The first-order valence-corrected chi connectivity index (χ1v) is 11.8. The standard InChI is InChI=1S/C29H31NO4/c31-28(32)13-7-2-1-6-12-26-27(21-34-29(26)25-11-8-18-30-19-25)33-20-22-14-16-24(17-15-22)23-9-4-3-5-10-23/h1-5,8-11,14-19,26-27,29H,6-7,12-13,20-21H2,(H,31,32)/b2-1-/t26-,27+,29+/m1/s1. The number of nitrogens with zero attached hydrogens (tertiary/aromatic N) is 1. The summed E-state index contributed by atoms with van der Waals surface area (Å²) in [6.07, 6.45) is 10.1. The molecule has 5 heteroatoms. The summed E-state index contributed by atoms with van der Waals surface area (Å²) in [6.45, 7) is 1.09. The predicted octanol–water partition coefficient (Wildman–Crippen LogP) is 6.22. The monoisotopic (exact) mass is 457 g/mol. The Bertz CT molecular complexity index is 1050. The molecule has 1 aliphatic heterocycles. The summed E-state index contributed by atoms with van der Waals surface area (Å²) >= 11 is 0. The van der Waals surface area contributed by atoms with Gasteiger partial charge in [-0.2, -0.15) is 0 Å². The maximum atomic E-state index is 10.7. The Morgan fingerprint density at radius 2 is 1.76 bits per heavy atom. The molecule has 34 heavy (non-hydrogen) atoms. The number of hydrogen-bond acceptors (Lipinski definition) is 4. The second kappa shape index (κ2) is 12.3. The predicted molar refractivity (Wildman–Crippen MR) is 132 cm³/mol. The molecule has 5 nitrogen and oxygen atoms in total. The van der Waals surface area contributed by atoms with Gasteiger partial charge in [-0.05, 0) is 47.6 Å². The van der Waals surface area contributed by atoms with Gasteiger partial charge in [-0.25, -0.2) is 0 Å². The van der Waals surface area contributed by atoms with Crippen LogP contribution in [0.15, 0.2) is 91.3 Å². The number of pyridine rings is 1. The molecule has 3 aromatic rings. The maximum absolute atomic E-state index is 10.7. The molecule has 4 rings (SSSR count). The summed E-state index contributed by atoms with van der Waals surface area (Å²) in [5.74, 6) is -0.562. The van der Waals surface area contributed by atoms with Crippen molar-refractivity contribution in [1.29, 1.82) is 0 Å². The Morgan fingerprint density at radius 1 is 1.00 bits per heavy atom. The van der Waals surface area contributed by atoms with Crippen LogP contribution < -0.4 is 0 Å². The topological polar surface area (TPSA) is 68.7 Å². The Kier molecular flexibility index (Phi) is 8.60. The maximum Gasteiger partial charge on any atom is 0.303 e. The zero-order valence-electron chi connectivity index (χ0n) is 19.3. The molecular formula is C29H31NO4. The van der Waals surface area contributed by atoms with Crippen molar-refractivity contribution in [2.24, 2.45) is 5.92 Å². The number of carboxylic acid groups (broad SMARTS) is 1. The Labute approximate surface area is 201 Å². The lowest BCUT2D eigenvalue weighted by molar-refractivity contribution is -0.136. The summed E-state index contributed by atoms with van der Waals surface area (Å²) in [6, 6.07) is 22.8. The molecule has 0 amide bonds. The number of aromatic nitrogens is 1. The molecule has 2 heterocycles. The van der Waals surface area contributed by atoms with Crippen LogP contribution in [0.5, 0.6) is 0 Å². The van der Waals surface area contributed by atoms with E-state index in [0.29, 0.717) is 19.6 Å². The number of ether oxygens (including phenoxy) is 2. The van der Waals surface area contributed by atoms with Gasteiger partial charge in [0.1, 0.15) is 0 Å². The van der Waals surface area contributed by atoms with Crippen LogP contribution in [0.4, 0.5) is 0 Å². The summed E-state index contributed by atoms with van der Waals surface area (Å²) in [5, 5.41) is 8.79. The van der Waals surface area contributed by atoms with Crippen LogP contribution in [-0.4, -0.2) is 28.8 Å². The normalized spacial score (nSPS) is 20.1. The first-order chi connectivity index (χ1) is 16.7. The molecular weight excluding hydrogens is 426 g/mol. The van der Waals surface area contributed by atoms with E-state index in [1.807, 2.05) is 36.5 Å². The molecule has 0 spiro atoms. The van der Waals surface area contributed by atoms with Crippen molar-refractivity contribution in [1.82, 2.24) is 4.98 Å². The molecule has 0 bridgehead atoms. The number of allylic oxidation sites excluding steroid dienone is 2. The van der Waals surface area contributed by atoms with Crippen LogP contribution in [0, 0.1) is 5.92 Å². The fourth-order valence-corrected chi connectivity index (χ4v) is 4.40. The van der Waals surface area contributed by atoms with Gasteiger partial charge >= 0.3 is 5.97 Å². The molecule has 0 radical (unpaired) electrons. The highest BCUT2D eigenvalue weighted by atomic mass is 16.6. The van der Waals surface area contributed by atoms with Crippen molar-refractivity contribution < 1.29 is 19.4 Å². The average molecular weight is 458 g/mol. The van der Waals surface area contributed by atoms with Crippen molar-refractivity contribution in [3.05, 3.63) is 102 Å². The van der Waals surface area contributed by atoms with E-state index in [-0.39, 0.29) is 24.5 Å². The van der Waals surface area contributed by atoms with Gasteiger partial charge in [-0.3, -0.25) is 9.78 Å². The fraction of sp³-hybridized carbons (Fsp3) is 0.310. The van der Waals surface area contributed by atoms with Crippen LogP contribution >= 0.6 is 0 Å². The van der Waals surface area contributed by atoms with E-state index in [2.05, 4.69) is 53.5 Å². The lowest BCUT2D eigenvalue weighted by atomic mass is 9.90. The molecule has 3 atom stereocenters. The SMILES string of the molecule is O=C(O)CC/C=C\CC[C@@H]1[C@@H](OCc2ccc(-c3ccccc3)cc2)CO[C@H]1c1cccnc1. The van der Waals surface area contributed by atoms with E-state index in [1.165, 1.54) is 11.1 Å². The molecule has 1 N–H and O–H groups in total. The second-order valence-corrected chi connectivity index (χ2v) is 8.60. The van der Waals surface area contributed by atoms with Gasteiger partial charge in [0.25, 0.3) is 0 Å². The second-order valence-electron chi connectivity index (χ2n) is 8.60. The Morgan fingerprint density at radius 3 is 2.50 bits per heavy atom. The first-order valence-electron chi connectivity index (χ1n) is 11.8. The lowest BCUT2D eigenvalue weighted by Gasteiger charge is -2.23. The number of carboxylic acids is 1.